The molecule has 0 heterocycles. The molecule has 0 aliphatic heterocycles. The molecule has 1 aliphatic carbocycles. The second-order valence-corrected chi connectivity index (χ2v) is 5.16. The van der Waals surface area contributed by atoms with Crippen molar-refractivity contribution >= 4 is 0 Å². The molecule has 2 nitrogen and oxygen atoms in total. The van der Waals surface area contributed by atoms with Crippen molar-refractivity contribution in [2.24, 2.45) is 11.1 Å². The van der Waals surface area contributed by atoms with Crippen LogP contribution in [0.4, 0.5) is 4.39 Å². The first-order chi connectivity index (χ1) is 7.87. The molecule has 0 atom stereocenters. The van der Waals surface area contributed by atoms with Crippen LogP contribution in [-0.2, 0) is 0 Å². The minimum atomic E-state index is -0.484. The molecule has 0 aromatic heterocycles. The number of nitrogens with two attached hydrogens (primary N) is 1. The van der Waals surface area contributed by atoms with Crippen LogP contribution in [0.3, 0.4) is 0 Å². The summed E-state index contributed by atoms with van der Waals surface area (Å²) in [5.74, 6) is -0.534. The summed E-state index contributed by atoms with van der Waals surface area (Å²) in [7, 11) is 0. The lowest BCUT2D eigenvalue weighted by atomic mass is 9.70. The van der Waals surface area contributed by atoms with Gasteiger partial charge in [0.1, 0.15) is 11.6 Å². The van der Waals surface area contributed by atoms with Gasteiger partial charge in [0.25, 0.3) is 0 Å². The summed E-state index contributed by atoms with van der Waals surface area (Å²) >= 11 is 0. The Morgan fingerprint density at radius 1 is 1.35 bits per heavy atom. The third-order valence-electron chi connectivity index (χ3n) is 3.57. The second-order valence-electron chi connectivity index (χ2n) is 5.16. The number of hydrogen-bond acceptors (Lipinski definition) is 2. The molecule has 0 spiro atoms. The molecule has 1 rings (SSSR count). The van der Waals surface area contributed by atoms with E-state index in [-0.39, 0.29) is 16.9 Å². The summed E-state index contributed by atoms with van der Waals surface area (Å²) in [5, 5.41) is 9.67. The van der Waals surface area contributed by atoms with E-state index in [1.165, 1.54) is 19.4 Å². The van der Waals surface area contributed by atoms with Crippen LogP contribution in [-0.4, -0.2) is 5.11 Å². The first-order valence-corrected chi connectivity index (χ1v) is 6.09. The topological polar surface area (TPSA) is 46.2 Å². The highest BCUT2D eigenvalue weighted by Gasteiger charge is 2.32. The van der Waals surface area contributed by atoms with E-state index >= 15 is 0 Å². The molecule has 0 unspecified atom stereocenters. The number of allylic oxidation sites excluding steroid dienone is 4. The normalized spacial score (nSPS) is 21.9. The van der Waals surface area contributed by atoms with E-state index in [9.17, 15) is 9.50 Å². The summed E-state index contributed by atoms with van der Waals surface area (Å²) in [6.07, 6.45) is 6.66. The van der Waals surface area contributed by atoms with Gasteiger partial charge in [-0.1, -0.05) is 32.8 Å². The fourth-order valence-corrected chi connectivity index (χ4v) is 2.45. The fraction of sp³-hybridized carbons (Fsp3) is 0.571. The highest BCUT2D eigenvalue weighted by Crippen LogP contribution is 2.44. The van der Waals surface area contributed by atoms with Crippen molar-refractivity contribution in [3.8, 4) is 0 Å². The molecular weight excluding hydrogens is 217 g/mol. The van der Waals surface area contributed by atoms with E-state index in [1.807, 2.05) is 0 Å². The number of rotatable bonds is 3. The Morgan fingerprint density at radius 3 is 2.29 bits per heavy atom. The molecule has 0 saturated heterocycles. The van der Waals surface area contributed by atoms with E-state index in [0.29, 0.717) is 5.57 Å². The van der Waals surface area contributed by atoms with Crippen molar-refractivity contribution in [2.75, 3.05) is 0 Å². The molecule has 96 valence electrons. The molecule has 1 aliphatic rings. The monoisotopic (exact) mass is 239 g/mol. The number of halogens is 1. The van der Waals surface area contributed by atoms with Crippen molar-refractivity contribution < 1.29 is 9.50 Å². The van der Waals surface area contributed by atoms with Gasteiger partial charge in [0.2, 0.25) is 0 Å². The molecule has 0 radical (unpaired) electrons. The van der Waals surface area contributed by atoms with Crippen molar-refractivity contribution in [3.05, 3.63) is 35.5 Å². The minimum Gasteiger partial charge on any atom is -0.508 e. The largest absolute Gasteiger partial charge is 0.508 e. The van der Waals surface area contributed by atoms with Gasteiger partial charge < -0.3 is 10.8 Å². The maximum absolute atomic E-state index is 13.6. The van der Waals surface area contributed by atoms with Crippen LogP contribution in [0.2, 0.25) is 0 Å². The highest BCUT2D eigenvalue weighted by atomic mass is 19.1. The first kappa shape index (κ1) is 13.8. The predicted molar refractivity (Wildman–Crippen MR) is 69.0 cm³/mol. The van der Waals surface area contributed by atoms with Crippen molar-refractivity contribution in [2.45, 2.75) is 46.0 Å². The van der Waals surface area contributed by atoms with Gasteiger partial charge in [0, 0.05) is 11.3 Å². The molecule has 0 amide bonds. The Kier molecular flexibility index (Phi) is 4.38. The van der Waals surface area contributed by atoms with Gasteiger partial charge >= 0.3 is 0 Å². The smallest absolute Gasteiger partial charge is 0.141 e. The van der Waals surface area contributed by atoms with Crippen LogP contribution in [0, 0.1) is 5.41 Å². The molecule has 3 heteroatoms. The molecule has 0 aromatic rings. The van der Waals surface area contributed by atoms with Gasteiger partial charge in [0.15, 0.2) is 0 Å². The lowest BCUT2D eigenvalue weighted by molar-refractivity contribution is 0.251. The summed E-state index contributed by atoms with van der Waals surface area (Å²) < 4.78 is 13.6. The highest BCUT2D eigenvalue weighted by molar-refractivity contribution is 5.36. The molecule has 3 N–H and O–H groups in total. The average molecular weight is 239 g/mol. The zero-order valence-electron chi connectivity index (χ0n) is 10.7. The maximum Gasteiger partial charge on any atom is 0.141 e. The third-order valence-corrected chi connectivity index (χ3v) is 3.57. The van der Waals surface area contributed by atoms with E-state index < -0.39 is 5.83 Å². The van der Waals surface area contributed by atoms with Crippen molar-refractivity contribution in [1.82, 2.24) is 0 Å². The van der Waals surface area contributed by atoms with Crippen molar-refractivity contribution in [3.63, 3.8) is 0 Å². The average Bonchev–Trinajstić information content (AvgIpc) is 2.25. The lowest BCUT2D eigenvalue weighted by Gasteiger charge is -2.35. The summed E-state index contributed by atoms with van der Waals surface area (Å²) in [6.45, 7) is 7.11. The number of aliphatic hydroxyl groups excluding tert-OH is 1. The van der Waals surface area contributed by atoms with Gasteiger partial charge in [-0.05, 0) is 31.3 Å². The standard InChI is InChI=1S/C14H22FNO/c1-10(16)13(15)9-12(11(2)17)14(3)7-5-4-6-8-14/h9,17H,2,4-8,16H2,1,3H3/b12-9+,13-10-. The Morgan fingerprint density at radius 2 is 1.88 bits per heavy atom. The summed E-state index contributed by atoms with van der Waals surface area (Å²) in [5.41, 5.74) is 5.93. The van der Waals surface area contributed by atoms with Crippen LogP contribution in [0.25, 0.3) is 0 Å². The zero-order chi connectivity index (χ0) is 13.1. The van der Waals surface area contributed by atoms with Gasteiger partial charge in [-0.2, -0.15) is 0 Å². The lowest BCUT2D eigenvalue weighted by Crippen LogP contribution is -2.24. The Hall–Kier alpha value is -1.25. The van der Waals surface area contributed by atoms with Gasteiger partial charge in [-0.3, -0.25) is 0 Å². The minimum absolute atomic E-state index is 0.0502. The second kappa shape index (κ2) is 5.39. The van der Waals surface area contributed by atoms with E-state index in [1.54, 1.807) is 0 Å². The quantitative estimate of drug-likeness (QED) is 0.575. The molecular formula is C14H22FNO. The van der Waals surface area contributed by atoms with Crippen LogP contribution in [0.5, 0.6) is 0 Å². The van der Waals surface area contributed by atoms with E-state index in [2.05, 4.69) is 13.5 Å². The molecule has 1 saturated carbocycles. The van der Waals surface area contributed by atoms with E-state index in [4.69, 9.17) is 5.73 Å². The summed E-state index contributed by atoms with van der Waals surface area (Å²) in [6, 6.07) is 0. The van der Waals surface area contributed by atoms with Gasteiger partial charge in [-0.25, -0.2) is 4.39 Å². The molecule has 0 aromatic carbocycles. The molecule has 17 heavy (non-hydrogen) atoms. The molecule has 1 fully saturated rings. The van der Waals surface area contributed by atoms with Gasteiger partial charge in [-0.15, -0.1) is 0 Å². The van der Waals surface area contributed by atoms with Crippen LogP contribution < -0.4 is 5.73 Å². The number of aliphatic hydroxyl groups is 1. The van der Waals surface area contributed by atoms with Gasteiger partial charge in [0.05, 0.1) is 0 Å². The first-order valence-electron chi connectivity index (χ1n) is 6.09. The SMILES string of the molecule is C=C(O)/C(=C\C(F)=C(/C)N)C1(C)CCCCC1. The Labute approximate surface area is 103 Å². The molecule has 0 bridgehead atoms. The summed E-state index contributed by atoms with van der Waals surface area (Å²) in [4.78, 5) is 0. The number of hydrogen-bond donors (Lipinski definition) is 2. The van der Waals surface area contributed by atoms with Crippen LogP contribution in [0.15, 0.2) is 35.5 Å². The maximum atomic E-state index is 13.6. The van der Waals surface area contributed by atoms with Crippen molar-refractivity contribution in [1.29, 1.82) is 0 Å². The van der Waals surface area contributed by atoms with E-state index in [0.717, 1.165) is 25.7 Å². The van der Waals surface area contributed by atoms with Crippen LogP contribution in [0.1, 0.15) is 46.0 Å². The Balaban J connectivity index is 3.09. The van der Waals surface area contributed by atoms with Crippen LogP contribution >= 0.6 is 0 Å². The fourth-order valence-electron chi connectivity index (χ4n) is 2.45. The third kappa shape index (κ3) is 3.35. The Bertz CT molecular complexity index is 358. The predicted octanol–water partition coefficient (Wildman–Crippen LogP) is 4.11. The zero-order valence-corrected chi connectivity index (χ0v) is 10.7.